The summed E-state index contributed by atoms with van der Waals surface area (Å²) >= 11 is 0. The zero-order valence-electron chi connectivity index (χ0n) is 12.2. The van der Waals surface area contributed by atoms with Crippen LogP contribution in [0.25, 0.3) is 17.1 Å². The molecule has 0 N–H and O–H groups in total. The molecule has 3 rings (SSSR count). The van der Waals surface area contributed by atoms with Crippen LogP contribution in [-0.4, -0.2) is 27.0 Å². The van der Waals surface area contributed by atoms with Crippen molar-refractivity contribution in [3.05, 3.63) is 23.7 Å². The Labute approximate surface area is 117 Å². The first-order valence-corrected chi connectivity index (χ1v) is 6.91. The van der Waals surface area contributed by atoms with E-state index < -0.39 is 0 Å². The van der Waals surface area contributed by atoms with Gasteiger partial charge in [-0.2, -0.15) is 0 Å². The van der Waals surface area contributed by atoms with E-state index in [2.05, 4.69) is 34.6 Å². The van der Waals surface area contributed by atoms with Crippen LogP contribution >= 0.6 is 0 Å². The number of aryl methyl sites for hydroxylation is 1. The molecule has 5 heteroatoms. The van der Waals surface area contributed by atoms with Crippen molar-refractivity contribution in [2.24, 2.45) is 0 Å². The van der Waals surface area contributed by atoms with Crippen molar-refractivity contribution in [1.82, 2.24) is 14.5 Å². The predicted octanol–water partition coefficient (Wildman–Crippen LogP) is 2.70. The van der Waals surface area contributed by atoms with Crippen LogP contribution in [0.5, 0.6) is 0 Å². The Hall–Kier alpha value is -2.17. The zero-order chi connectivity index (χ0) is 14.4. The summed E-state index contributed by atoms with van der Waals surface area (Å²) in [5.74, 6) is 1.38. The number of nitrogens with zero attached hydrogens (tertiary/aromatic N) is 4. The van der Waals surface area contributed by atoms with Crippen molar-refractivity contribution in [1.29, 1.82) is 0 Å². The maximum atomic E-state index is 12.2. The highest BCUT2D eigenvalue weighted by Gasteiger charge is 2.24. The van der Waals surface area contributed by atoms with Crippen LogP contribution in [0.15, 0.2) is 12.3 Å². The van der Waals surface area contributed by atoms with Gasteiger partial charge in [0, 0.05) is 30.4 Å². The number of hydrogen-bond donors (Lipinski definition) is 0. The van der Waals surface area contributed by atoms with Crippen molar-refractivity contribution >= 4 is 28.8 Å². The summed E-state index contributed by atoms with van der Waals surface area (Å²) in [5.41, 5.74) is 1.91. The summed E-state index contributed by atoms with van der Waals surface area (Å²) in [4.78, 5) is 22.9. The van der Waals surface area contributed by atoms with Gasteiger partial charge in [0.15, 0.2) is 0 Å². The number of anilines is 1. The van der Waals surface area contributed by atoms with E-state index in [0.717, 1.165) is 22.4 Å². The van der Waals surface area contributed by atoms with Gasteiger partial charge in [0.1, 0.15) is 17.3 Å². The molecule has 0 fully saturated rings. The van der Waals surface area contributed by atoms with Crippen LogP contribution in [0.4, 0.5) is 5.82 Å². The lowest BCUT2D eigenvalue weighted by Gasteiger charge is -2.19. The molecular formula is C15H18N4O. The molecule has 3 heterocycles. The molecule has 0 atom stereocenters. The molecule has 0 unspecified atom stereocenters. The maximum absolute atomic E-state index is 12.2. The summed E-state index contributed by atoms with van der Waals surface area (Å²) in [5, 5.41) is 0.966. The van der Waals surface area contributed by atoms with Crippen LogP contribution < -0.4 is 4.90 Å². The van der Waals surface area contributed by atoms with Gasteiger partial charge < -0.3 is 4.57 Å². The Kier molecular flexibility index (Phi) is 2.85. The molecule has 0 aliphatic carbocycles. The van der Waals surface area contributed by atoms with E-state index in [1.165, 1.54) is 0 Å². The van der Waals surface area contributed by atoms with E-state index in [1.54, 1.807) is 11.0 Å². The molecular weight excluding hydrogens is 252 g/mol. The second kappa shape index (κ2) is 4.44. The van der Waals surface area contributed by atoms with Gasteiger partial charge in [-0.05, 0) is 33.8 Å². The van der Waals surface area contributed by atoms with Crippen LogP contribution in [0, 0.1) is 6.92 Å². The quantitative estimate of drug-likeness (QED) is 0.843. The Morgan fingerprint density at radius 1 is 1.25 bits per heavy atom. The molecule has 20 heavy (non-hydrogen) atoms. The molecule has 0 saturated heterocycles. The highest BCUT2D eigenvalue weighted by Crippen LogP contribution is 2.33. The molecule has 0 bridgehead atoms. The third-order valence-electron chi connectivity index (χ3n) is 3.59. The lowest BCUT2D eigenvalue weighted by Crippen LogP contribution is -2.29. The van der Waals surface area contributed by atoms with Crippen LogP contribution in [0.3, 0.4) is 0 Å². The third-order valence-corrected chi connectivity index (χ3v) is 3.59. The van der Waals surface area contributed by atoms with Crippen molar-refractivity contribution < 1.29 is 4.79 Å². The van der Waals surface area contributed by atoms with E-state index in [9.17, 15) is 4.79 Å². The van der Waals surface area contributed by atoms with E-state index in [0.29, 0.717) is 18.4 Å². The summed E-state index contributed by atoms with van der Waals surface area (Å²) in [6.07, 6.45) is 5.53. The fourth-order valence-electron chi connectivity index (χ4n) is 2.64. The van der Waals surface area contributed by atoms with Gasteiger partial charge in [-0.3, -0.25) is 9.69 Å². The van der Waals surface area contributed by atoms with E-state index in [1.807, 2.05) is 19.9 Å². The molecule has 5 nitrogen and oxygen atoms in total. The fourth-order valence-corrected chi connectivity index (χ4v) is 2.64. The second-order valence-corrected chi connectivity index (χ2v) is 5.29. The van der Waals surface area contributed by atoms with Crippen LogP contribution in [0.2, 0.25) is 0 Å². The van der Waals surface area contributed by atoms with E-state index in [4.69, 9.17) is 0 Å². The lowest BCUT2D eigenvalue weighted by molar-refractivity contribution is -0.114. The van der Waals surface area contributed by atoms with Gasteiger partial charge in [-0.1, -0.05) is 0 Å². The van der Waals surface area contributed by atoms with Crippen molar-refractivity contribution in [2.45, 2.75) is 33.7 Å². The molecule has 1 aliphatic rings. The lowest BCUT2D eigenvalue weighted by atomic mass is 10.2. The molecule has 0 saturated carbocycles. The Morgan fingerprint density at radius 3 is 2.65 bits per heavy atom. The normalized spacial score (nSPS) is 14.4. The van der Waals surface area contributed by atoms with Gasteiger partial charge in [0.2, 0.25) is 0 Å². The first-order valence-electron chi connectivity index (χ1n) is 6.91. The van der Waals surface area contributed by atoms with E-state index >= 15 is 0 Å². The molecule has 1 amide bonds. The molecule has 0 radical (unpaired) electrons. The fraction of sp³-hybridized carbons (Fsp3) is 0.400. The van der Waals surface area contributed by atoms with Crippen LogP contribution in [0.1, 0.15) is 38.2 Å². The maximum Gasteiger partial charge on any atom is 0.252 e. The van der Waals surface area contributed by atoms with Gasteiger partial charge >= 0.3 is 0 Å². The van der Waals surface area contributed by atoms with Crippen molar-refractivity contribution in [2.75, 3.05) is 11.4 Å². The largest absolute Gasteiger partial charge is 0.329 e. The molecule has 2 aromatic heterocycles. The summed E-state index contributed by atoms with van der Waals surface area (Å²) in [6.45, 7) is 8.67. The topological polar surface area (TPSA) is 51.0 Å². The number of carbonyl (C=O) groups excluding carboxylic acids is 1. The van der Waals surface area contributed by atoms with Gasteiger partial charge in [-0.15, -0.1) is 0 Å². The third kappa shape index (κ3) is 1.73. The number of amides is 1. The average Bonchev–Trinajstić information content (AvgIpc) is 2.69. The number of hydrogen-bond acceptors (Lipinski definition) is 3. The molecule has 0 spiro atoms. The van der Waals surface area contributed by atoms with Gasteiger partial charge in [0.05, 0.1) is 5.39 Å². The van der Waals surface area contributed by atoms with Gasteiger partial charge in [0.25, 0.3) is 5.91 Å². The highest BCUT2D eigenvalue weighted by atomic mass is 16.2. The standard InChI is InChI=1S/C15H18N4O/c1-5-18-12(20)7-6-11-8-19(9(2)3)15-13(11)14(18)16-10(4)17-15/h6-9H,5H2,1-4H3. The minimum Gasteiger partial charge on any atom is -0.329 e. The van der Waals surface area contributed by atoms with Crippen molar-refractivity contribution in [3.8, 4) is 0 Å². The SMILES string of the molecule is CCN1C(=O)C=Cc2cn(C(C)C)c3nc(C)nc1c23. The summed E-state index contributed by atoms with van der Waals surface area (Å²) in [6, 6.07) is 0.312. The molecule has 1 aliphatic heterocycles. The Balaban J connectivity index is 2.42. The number of likely N-dealkylation sites (N-methyl/N-ethyl adjacent to an activating group) is 1. The van der Waals surface area contributed by atoms with E-state index in [-0.39, 0.29) is 5.91 Å². The smallest absolute Gasteiger partial charge is 0.252 e. The molecule has 2 aromatic rings. The van der Waals surface area contributed by atoms with Gasteiger partial charge in [-0.25, -0.2) is 9.97 Å². The first kappa shape index (κ1) is 12.8. The number of aromatic nitrogens is 3. The Bertz CT molecular complexity index is 727. The highest BCUT2D eigenvalue weighted by molar-refractivity contribution is 6.12. The first-order chi connectivity index (χ1) is 9.52. The minimum absolute atomic E-state index is 0.0285. The molecule has 0 aromatic carbocycles. The summed E-state index contributed by atoms with van der Waals surface area (Å²) < 4.78 is 2.14. The monoisotopic (exact) mass is 270 g/mol. The molecule has 104 valence electrons. The second-order valence-electron chi connectivity index (χ2n) is 5.29. The van der Waals surface area contributed by atoms with Crippen molar-refractivity contribution in [3.63, 3.8) is 0 Å². The zero-order valence-corrected chi connectivity index (χ0v) is 12.2. The Morgan fingerprint density at radius 2 is 2.00 bits per heavy atom. The average molecular weight is 270 g/mol. The number of carbonyl (C=O) groups is 1. The minimum atomic E-state index is -0.0285. The number of rotatable bonds is 2. The van der Waals surface area contributed by atoms with Crippen LogP contribution in [-0.2, 0) is 4.79 Å². The predicted molar refractivity (Wildman–Crippen MR) is 79.7 cm³/mol. The summed E-state index contributed by atoms with van der Waals surface area (Å²) in [7, 11) is 0.